The summed E-state index contributed by atoms with van der Waals surface area (Å²) in [6.45, 7) is 3.46. The summed E-state index contributed by atoms with van der Waals surface area (Å²) in [4.78, 5) is 50.3. The van der Waals surface area contributed by atoms with Crippen LogP contribution in [0.2, 0.25) is 0 Å². The number of hydrogen-bond acceptors (Lipinski definition) is 4. The molecule has 4 N–H and O–H groups in total. The van der Waals surface area contributed by atoms with Gasteiger partial charge in [0.2, 0.25) is 0 Å². The highest BCUT2D eigenvalue weighted by Gasteiger charge is 2.22. The van der Waals surface area contributed by atoms with Crippen LogP contribution in [0.1, 0.15) is 37.0 Å². The van der Waals surface area contributed by atoms with Gasteiger partial charge in [0, 0.05) is 17.5 Å². The van der Waals surface area contributed by atoms with Gasteiger partial charge in [-0.25, -0.2) is 0 Å². The molecule has 122 valence electrons. The Balaban J connectivity index is 2.24. The summed E-state index contributed by atoms with van der Waals surface area (Å²) < 4.78 is 0. The third-order valence-electron chi connectivity index (χ3n) is 3.40. The summed E-state index contributed by atoms with van der Waals surface area (Å²) in [5.74, 6) is -1.33. The van der Waals surface area contributed by atoms with Gasteiger partial charge >= 0.3 is 17.1 Å². The Morgan fingerprint density at radius 3 is 2.35 bits per heavy atom. The molecule has 8 heteroatoms. The molecule has 0 atom stereocenters. The third kappa shape index (κ3) is 4.06. The fourth-order valence-electron chi connectivity index (χ4n) is 2.12. The number of aromatic nitrogens is 2. The van der Waals surface area contributed by atoms with Crippen LogP contribution in [0.25, 0.3) is 11.0 Å². The van der Waals surface area contributed by atoms with Gasteiger partial charge in [0.15, 0.2) is 0 Å². The number of aliphatic carboxylic acids is 1. The molecular formula is C15H17N3O5. The van der Waals surface area contributed by atoms with Crippen LogP contribution < -0.4 is 16.4 Å². The highest BCUT2D eigenvalue weighted by molar-refractivity contribution is 5.97. The number of H-pyrrole nitrogens is 2. The Kier molecular flexibility index (Phi) is 4.35. The highest BCUT2D eigenvalue weighted by Crippen LogP contribution is 2.14. The molecular weight excluding hydrogens is 302 g/mol. The van der Waals surface area contributed by atoms with Gasteiger partial charge in [0.1, 0.15) is 0 Å². The zero-order valence-corrected chi connectivity index (χ0v) is 12.7. The van der Waals surface area contributed by atoms with Gasteiger partial charge in [0.25, 0.3) is 5.91 Å². The summed E-state index contributed by atoms with van der Waals surface area (Å²) in [5, 5.41) is 11.5. The van der Waals surface area contributed by atoms with Crippen LogP contribution in [-0.4, -0.2) is 32.5 Å². The van der Waals surface area contributed by atoms with E-state index >= 15 is 0 Å². The Labute approximate surface area is 130 Å². The van der Waals surface area contributed by atoms with Crippen molar-refractivity contribution in [3.05, 3.63) is 44.5 Å². The van der Waals surface area contributed by atoms with E-state index in [9.17, 15) is 19.2 Å². The molecule has 0 fully saturated rings. The second-order valence-electron chi connectivity index (χ2n) is 5.90. The molecule has 2 aromatic rings. The number of fused-ring (bicyclic) bond motifs is 1. The molecule has 23 heavy (non-hydrogen) atoms. The number of carboxylic acids is 1. The predicted octanol–water partition coefficient (Wildman–Crippen LogP) is 0.590. The fourth-order valence-corrected chi connectivity index (χ4v) is 2.12. The van der Waals surface area contributed by atoms with Crippen LogP contribution in [0.4, 0.5) is 0 Å². The molecule has 0 saturated carbocycles. The lowest BCUT2D eigenvalue weighted by atomic mass is 9.97. The van der Waals surface area contributed by atoms with E-state index in [1.165, 1.54) is 18.2 Å². The second kappa shape index (κ2) is 6.07. The number of aromatic amines is 2. The topological polar surface area (TPSA) is 132 Å². The van der Waals surface area contributed by atoms with Gasteiger partial charge in [-0.05, 0) is 38.5 Å². The van der Waals surface area contributed by atoms with E-state index in [-0.39, 0.29) is 12.8 Å². The van der Waals surface area contributed by atoms with Crippen molar-refractivity contribution < 1.29 is 14.7 Å². The first-order valence-electron chi connectivity index (χ1n) is 6.99. The van der Waals surface area contributed by atoms with Crippen molar-refractivity contribution >= 4 is 22.9 Å². The van der Waals surface area contributed by atoms with Crippen molar-refractivity contribution in [2.45, 2.75) is 32.2 Å². The molecule has 0 unspecified atom stereocenters. The maximum atomic E-state index is 12.3. The minimum atomic E-state index is -0.931. The van der Waals surface area contributed by atoms with Crippen LogP contribution in [0.5, 0.6) is 0 Å². The monoisotopic (exact) mass is 319 g/mol. The first kappa shape index (κ1) is 16.5. The van der Waals surface area contributed by atoms with Crippen molar-refractivity contribution in [1.29, 1.82) is 0 Å². The summed E-state index contributed by atoms with van der Waals surface area (Å²) in [7, 11) is 0. The number of nitrogens with one attached hydrogen (secondary N) is 3. The Hall–Kier alpha value is -2.90. The van der Waals surface area contributed by atoms with Crippen molar-refractivity contribution in [3.63, 3.8) is 0 Å². The molecule has 0 saturated heterocycles. The van der Waals surface area contributed by atoms with Crippen LogP contribution >= 0.6 is 0 Å². The van der Waals surface area contributed by atoms with Crippen molar-refractivity contribution in [3.8, 4) is 0 Å². The van der Waals surface area contributed by atoms with Gasteiger partial charge in [0.05, 0.1) is 11.0 Å². The lowest BCUT2D eigenvalue weighted by Crippen LogP contribution is -2.43. The highest BCUT2D eigenvalue weighted by atomic mass is 16.4. The zero-order valence-electron chi connectivity index (χ0n) is 12.7. The Morgan fingerprint density at radius 1 is 1.13 bits per heavy atom. The van der Waals surface area contributed by atoms with Crippen molar-refractivity contribution in [1.82, 2.24) is 15.3 Å². The summed E-state index contributed by atoms with van der Waals surface area (Å²) in [6, 6.07) is 4.49. The smallest absolute Gasteiger partial charge is 0.314 e. The largest absolute Gasteiger partial charge is 0.481 e. The van der Waals surface area contributed by atoms with E-state index in [0.717, 1.165) is 0 Å². The zero-order chi connectivity index (χ0) is 17.2. The minimum Gasteiger partial charge on any atom is -0.481 e. The average molecular weight is 319 g/mol. The maximum absolute atomic E-state index is 12.3. The molecule has 1 heterocycles. The normalized spacial score (nSPS) is 11.4. The van der Waals surface area contributed by atoms with Crippen LogP contribution in [0, 0.1) is 0 Å². The van der Waals surface area contributed by atoms with Crippen LogP contribution in [0.15, 0.2) is 27.8 Å². The lowest BCUT2D eigenvalue weighted by Gasteiger charge is -2.25. The molecule has 2 rings (SSSR count). The molecule has 8 nitrogen and oxygen atoms in total. The number of hydrogen-bond donors (Lipinski definition) is 4. The van der Waals surface area contributed by atoms with Gasteiger partial charge in [-0.2, -0.15) is 0 Å². The molecule has 0 aliphatic rings. The van der Waals surface area contributed by atoms with Gasteiger partial charge < -0.3 is 20.4 Å². The molecule has 0 aliphatic heterocycles. The number of carboxylic acid groups (broad SMARTS) is 1. The van der Waals surface area contributed by atoms with E-state index in [1.54, 1.807) is 13.8 Å². The number of carbonyl (C=O) groups excluding carboxylic acids is 1. The lowest BCUT2D eigenvalue weighted by molar-refractivity contribution is -0.137. The van der Waals surface area contributed by atoms with E-state index in [1.807, 2.05) is 0 Å². The van der Waals surface area contributed by atoms with Crippen LogP contribution in [-0.2, 0) is 4.79 Å². The summed E-state index contributed by atoms with van der Waals surface area (Å²) in [5.41, 5.74) is -1.20. The molecule has 1 aromatic heterocycles. The molecule has 1 amide bonds. The van der Waals surface area contributed by atoms with Crippen molar-refractivity contribution in [2.24, 2.45) is 0 Å². The maximum Gasteiger partial charge on any atom is 0.314 e. The third-order valence-corrected chi connectivity index (χ3v) is 3.40. The van der Waals surface area contributed by atoms with Gasteiger partial charge in [-0.1, -0.05) is 0 Å². The van der Waals surface area contributed by atoms with Gasteiger partial charge in [-0.3, -0.25) is 19.2 Å². The molecule has 0 aliphatic carbocycles. The SMILES string of the molecule is CC(C)(CCC(=O)O)NC(=O)c1ccc2[nH]c(=O)c(=O)[nH]c2c1. The van der Waals surface area contributed by atoms with E-state index in [4.69, 9.17) is 5.11 Å². The number of carbonyl (C=O) groups is 2. The Morgan fingerprint density at radius 2 is 1.74 bits per heavy atom. The van der Waals surface area contributed by atoms with E-state index in [2.05, 4.69) is 15.3 Å². The summed E-state index contributed by atoms with van der Waals surface area (Å²) in [6.07, 6.45) is 0.228. The predicted molar refractivity (Wildman–Crippen MR) is 83.6 cm³/mol. The van der Waals surface area contributed by atoms with Crippen LogP contribution in [0.3, 0.4) is 0 Å². The standard InChI is InChI=1S/C15H17N3O5/c1-15(2,6-5-11(19)20)18-12(21)8-3-4-9-10(7-8)17-14(23)13(22)16-9/h3-4,7H,5-6H2,1-2H3,(H,16,22)(H,17,23)(H,18,21)(H,19,20). The van der Waals surface area contributed by atoms with E-state index in [0.29, 0.717) is 16.6 Å². The molecule has 1 aromatic carbocycles. The number of rotatable bonds is 5. The molecule has 0 radical (unpaired) electrons. The Bertz CT molecular complexity index is 879. The number of amides is 1. The molecule has 0 bridgehead atoms. The quantitative estimate of drug-likeness (QED) is 0.599. The first-order valence-corrected chi connectivity index (χ1v) is 6.99. The van der Waals surface area contributed by atoms with Gasteiger partial charge in [-0.15, -0.1) is 0 Å². The molecule has 0 spiro atoms. The fraction of sp³-hybridized carbons (Fsp3) is 0.333. The minimum absolute atomic E-state index is 0.0560. The number of benzene rings is 1. The summed E-state index contributed by atoms with van der Waals surface area (Å²) >= 11 is 0. The van der Waals surface area contributed by atoms with E-state index < -0.39 is 28.5 Å². The average Bonchev–Trinajstić information content (AvgIpc) is 2.45. The second-order valence-corrected chi connectivity index (χ2v) is 5.90. The van der Waals surface area contributed by atoms with Crippen molar-refractivity contribution in [2.75, 3.05) is 0 Å². The first-order chi connectivity index (χ1) is 10.7.